The molecule has 1 aliphatic rings. The molecule has 2 heterocycles. The van der Waals surface area contributed by atoms with E-state index < -0.39 is 0 Å². The van der Waals surface area contributed by atoms with Gasteiger partial charge in [0.25, 0.3) is 0 Å². The van der Waals surface area contributed by atoms with Gasteiger partial charge in [0.05, 0.1) is 11.4 Å². The Morgan fingerprint density at radius 2 is 1.50 bits per heavy atom. The van der Waals surface area contributed by atoms with Gasteiger partial charge in [0.2, 0.25) is 0 Å². The SMILES string of the molecule is Cc1cc(C)c(N=c2cc3n(c(=O)n2C)CCc2cc(C)c(C)cc2-3)c(C)c1. The van der Waals surface area contributed by atoms with Crippen molar-refractivity contribution in [2.45, 2.75) is 47.6 Å². The summed E-state index contributed by atoms with van der Waals surface area (Å²) in [6.45, 7) is 11.2. The third-order valence-electron chi connectivity index (χ3n) is 5.88. The van der Waals surface area contributed by atoms with E-state index in [1.165, 1.54) is 22.3 Å². The van der Waals surface area contributed by atoms with Crippen LogP contribution in [0.25, 0.3) is 11.3 Å². The van der Waals surface area contributed by atoms with Gasteiger partial charge >= 0.3 is 5.69 Å². The molecule has 0 atom stereocenters. The van der Waals surface area contributed by atoms with E-state index in [0.717, 1.165) is 34.5 Å². The van der Waals surface area contributed by atoms with Crippen LogP contribution in [0.4, 0.5) is 5.69 Å². The fourth-order valence-electron chi connectivity index (χ4n) is 4.24. The molecule has 0 aliphatic carbocycles. The van der Waals surface area contributed by atoms with E-state index in [2.05, 4.69) is 65.0 Å². The van der Waals surface area contributed by atoms with E-state index in [1.807, 2.05) is 11.6 Å². The van der Waals surface area contributed by atoms with Crippen molar-refractivity contribution in [2.75, 3.05) is 0 Å². The fraction of sp³-hybridized carbons (Fsp3) is 0.333. The summed E-state index contributed by atoms with van der Waals surface area (Å²) >= 11 is 0. The zero-order valence-electron chi connectivity index (χ0n) is 17.6. The van der Waals surface area contributed by atoms with E-state index in [0.29, 0.717) is 12.0 Å². The van der Waals surface area contributed by atoms with Crippen LogP contribution >= 0.6 is 0 Å². The average molecular weight is 374 g/mol. The van der Waals surface area contributed by atoms with E-state index in [9.17, 15) is 4.79 Å². The number of aryl methyl sites for hydroxylation is 6. The Bertz CT molecular complexity index is 1220. The lowest BCUT2D eigenvalue weighted by atomic mass is 9.93. The molecule has 0 radical (unpaired) electrons. The quantitative estimate of drug-likeness (QED) is 0.630. The Labute approximate surface area is 165 Å². The monoisotopic (exact) mass is 373 g/mol. The van der Waals surface area contributed by atoms with Crippen molar-refractivity contribution < 1.29 is 0 Å². The molecule has 0 unspecified atom stereocenters. The molecule has 0 amide bonds. The van der Waals surface area contributed by atoms with E-state index in [-0.39, 0.29) is 5.69 Å². The molecule has 144 valence electrons. The summed E-state index contributed by atoms with van der Waals surface area (Å²) in [4.78, 5) is 18.0. The highest BCUT2D eigenvalue weighted by Gasteiger charge is 2.19. The third kappa shape index (κ3) is 2.93. The molecule has 4 rings (SSSR count). The van der Waals surface area contributed by atoms with Crippen molar-refractivity contribution in [2.24, 2.45) is 12.0 Å². The predicted molar refractivity (Wildman–Crippen MR) is 114 cm³/mol. The summed E-state index contributed by atoms with van der Waals surface area (Å²) in [5.41, 5.74) is 11.1. The summed E-state index contributed by atoms with van der Waals surface area (Å²) in [7, 11) is 1.81. The van der Waals surface area contributed by atoms with Crippen molar-refractivity contribution >= 4 is 5.69 Å². The normalized spacial score (nSPS) is 13.4. The first-order valence-electron chi connectivity index (χ1n) is 9.80. The number of nitrogens with zero attached hydrogens (tertiary/aromatic N) is 3. The molecule has 28 heavy (non-hydrogen) atoms. The highest BCUT2D eigenvalue weighted by atomic mass is 16.1. The molecule has 0 saturated carbocycles. The Kier molecular flexibility index (Phi) is 4.37. The zero-order chi connectivity index (χ0) is 20.2. The van der Waals surface area contributed by atoms with Gasteiger partial charge < -0.3 is 0 Å². The summed E-state index contributed by atoms with van der Waals surface area (Å²) < 4.78 is 3.54. The van der Waals surface area contributed by atoms with Crippen molar-refractivity contribution in [1.82, 2.24) is 9.13 Å². The lowest BCUT2D eigenvalue weighted by molar-refractivity contribution is 0.589. The first-order chi connectivity index (χ1) is 13.3. The minimum absolute atomic E-state index is 0.0115. The lowest BCUT2D eigenvalue weighted by Crippen LogP contribution is -2.40. The van der Waals surface area contributed by atoms with Gasteiger partial charge in [-0.1, -0.05) is 23.8 Å². The van der Waals surface area contributed by atoms with Gasteiger partial charge in [0.15, 0.2) is 0 Å². The molecule has 1 aliphatic heterocycles. The van der Waals surface area contributed by atoms with Gasteiger partial charge in [-0.3, -0.25) is 9.13 Å². The van der Waals surface area contributed by atoms with Crippen molar-refractivity contribution in [1.29, 1.82) is 0 Å². The van der Waals surface area contributed by atoms with Crippen LogP contribution in [0.1, 0.15) is 33.4 Å². The van der Waals surface area contributed by atoms with Gasteiger partial charge in [0, 0.05) is 25.2 Å². The minimum Gasteiger partial charge on any atom is -0.293 e. The Balaban J connectivity index is 2.02. The number of aromatic nitrogens is 2. The Hall–Kier alpha value is -2.88. The molecular formula is C24H27N3O. The van der Waals surface area contributed by atoms with Crippen LogP contribution in [-0.2, 0) is 20.0 Å². The summed E-state index contributed by atoms with van der Waals surface area (Å²) in [5, 5.41) is 0. The molecule has 0 spiro atoms. The Morgan fingerprint density at radius 1 is 0.857 bits per heavy atom. The van der Waals surface area contributed by atoms with Gasteiger partial charge in [-0.25, -0.2) is 9.79 Å². The maximum atomic E-state index is 13.1. The summed E-state index contributed by atoms with van der Waals surface area (Å²) in [6, 6.07) is 10.8. The van der Waals surface area contributed by atoms with Crippen molar-refractivity contribution in [3.05, 3.63) is 79.7 Å². The molecule has 0 saturated heterocycles. The number of rotatable bonds is 1. The predicted octanol–water partition coefficient (Wildman–Crippen LogP) is 4.18. The molecule has 1 aromatic heterocycles. The van der Waals surface area contributed by atoms with Crippen LogP contribution in [0.3, 0.4) is 0 Å². The van der Waals surface area contributed by atoms with Crippen LogP contribution in [0.2, 0.25) is 0 Å². The molecule has 4 heteroatoms. The molecule has 0 bridgehead atoms. The van der Waals surface area contributed by atoms with Crippen LogP contribution in [0.15, 0.2) is 40.1 Å². The second-order valence-electron chi connectivity index (χ2n) is 8.08. The van der Waals surface area contributed by atoms with Crippen LogP contribution in [0, 0.1) is 34.6 Å². The van der Waals surface area contributed by atoms with Crippen LogP contribution in [0.5, 0.6) is 0 Å². The largest absolute Gasteiger partial charge is 0.329 e. The van der Waals surface area contributed by atoms with E-state index >= 15 is 0 Å². The van der Waals surface area contributed by atoms with Crippen LogP contribution in [-0.4, -0.2) is 9.13 Å². The second-order valence-corrected chi connectivity index (χ2v) is 8.08. The first kappa shape index (κ1) is 18.5. The van der Waals surface area contributed by atoms with Gasteiger partial charge in [-0.05, 0) is 74.9 Å². The highest BCUT2D eigenvalue weighted by Crippen LogP contribution is 2.30. The van der Waals surface area contributed by atoms with Crippen molar-refractivity contribution in [3.8, 4) is 11.3 Å². The zero-order valence-corrected chi connectivity index (χ0v) is 17.6. The van der Waals surface area contributed by atoms with Gasteiger partial charge in [-0.15, -0.1) is 0 Å². The second kappa shape index (κ2) is 6.62. The number of benzene rings is 2. The van der Waals surface area contributed by atoms with Crippen molar-refractivity contribution in [3.63, 3.8) is 0 Å². The summed E-state index contributed by atoms with van der Waals surface area (Å²) in [6.07, 6.45) is 0.885. The average Bonchev–Trinajstić information content (AvgIpc) is 2.63. The van der Waals surface area contributed by atoms with E-state index in [4.69, 9.17) is 4.99 Å². The molecular weight excluding hydrogens is 346 g/mol. The molecule has 0 N–H and O–H groups in total. The van der Waals surface area contributed by atoms with Gasteiger partial charge in [0.1, 0.15) is 5.49 Å². The topological polar surface area (TPSA) is 39.3 Å². The molecule has 0 fully saturated rings. The molecule has 3 aromatic rings. The number of hydrogen-bond donors (Lipinski definition) is 0. The van der Waals surface area contributed by atoms with E-state index in [1.54, 1.807) is 4.57 Å². The Morgan fingerprint density at radius 3 is 2.18 bits per heavy atom. The van der Waals surface area contributed by atoms with Gasteiger partial charge in [-0.2, -0.15) is 0 Å². The highest BCUT2D eigenvalue weighted by molar-refractivity contribution is 5.67. The maximum Gasteiger partial charge on any atom is 0.329 e. The third-order valence-corrected chi connectivity index (χ3v) is 5.88. The maximum absolute atomic E-state index is 13.1. The lowest BCUT2D eigenvalue weighted by Gasteiger charge is -2.23. The summed E-state index contributed by atoms with van der Waals surface area (Å²) in [5.74, 6) is 0. The molecule has 2 aromatic carbocycles. The standard InChI is InChI=1S/C24H27N3O/c1-14-9-17(4)23(18(5)10-14)25-22-13-21-20-12-16(3)15(2)11-19(20)7-8-27(21)24(28)26(22)6/h9-13H,7-8H2,1-6H3. The number of hydrogen-bond acceptors (Lipinski definition) is 2. The smallest absolute Gasteiger partial charge is 0.293 e. The fourth-order valence-corrected chi connectivity index (χ4v) is 4.24. The minimum atomic E-state index is -0.0115. The van der Waals surface area contributed by atoms with Crippen LogP contribution < -0.4 is 11.2 Å². The first-order valence-corrected chi connectivity index (χ1v) is 9.80. The number of fused-ring (bicyclic) bond motifs is 3. The molecule has 4 nitrogen and oxygen atoms in total.